The molecule has 0 radical (unpaired) electrons. The van der Waals surface area contributed by atoms with Gasteiger partial charge in [-0.05, 0) is 41.5 Å². The van der Waals surface area contributed by atoms with Crippen LogP contribution in [0.5, 0.6) is 0 Å². The lowest BCUT2D eigenvalue weighted by molar-refractivity contribution is 1.05. The summed E-state index contributed by atoms with van der Waals surface area (Å²) >= 11 is 5.98. The van der Waals surface area contributed by atoms with Crippen LogP contribution in [0.2, 0.25) is 5.02 Å². The number of nitriles is 1. The van der Waals surface area contributed by atoms with Crippen LogP contribution in [0.4, 0.5) is 0 Å². The molecule has 23 heavy (non-hydrogen) atoms. The van der Waals surface area contributed by atoms with Gasteiger partial charge < -0.3 is 5.73 Å². The van der Waals surface area contributed by atoms with Crippen molar-refractivity contribution in [1.82, 2.24) is 4.98 Å². The van der Waals surface area contributed by atoms with E-state index >= 15 is 0 Å². The maximum Gasteiger partial charge on any atom is 0.0991 e. The van der Waals surface area contributed by atoms with Gasteiger partial charge in [-0.2, -0.15) is 5.26 Å². The summed E-state index contributed by atoms with van der Waals surface area (Å²) < 4.78 is 0. The molecule has 0 aliphatic rings. The fourth-order valence-electron chi connectivity index (χ4n) is 2.40. The first-order valence-corrected chi connectivity index (χ1v) is 7.54. The second-order valence-corrected chi connectivity index (χ2v) is 5.58. The molecule has 0 saturated heterocycles. The largest absolute Gasteiger partial charge is 0.326 e. The number of hydrogen-bond acceptors (Lipinski definition) is 3. The van der Waals surface area contributed by atoms with Crippen LogP contribution in [0, 0.1) is 11.3 Å². The Morgan fingerprint density at radius 3 is 2.26 bits per heavy atom. The van der Waals surface area contributed by atoms with Crippen LogP contribution in [-0.2, 0) is 6.54 Å². The molecule has 3 aromatic rings. The zero-order valence-corrected chi connectivity index (χ0v) is 13.1. The van der Waals surface area contributed by atoms with E-state index in [-0.39, 0.29) is 0 Å². The lowest BCUT2D eigenvalue weighted by Crippen LogP contribution is -1.99. The van der Waals surface area contributed by atoms with E-state index in [9.17, 15) is 0 Å². The van der Waals surface area contributed by atoms with Gasteiger partial charge in [-0.15, -0.1) is 0 Å². The van der Waals surface area contributed by atoms with Crippen molar-refractivity contribution < 1.29 is 0 Å². The molecule has 3 nitrogen and oxygen atoms in total. The second-order valence-electron chi connectivity index (χ2n) is 5.14. The van der Waals surface area contributed by atoms with Crippen LogP contribution in [0.1, 0.15) is 11.1 Å². The van der Waals surface area contributed by atoms with Crippen molar-refractivity contribution in [3.63, 3.8) is 0 Å². The van der Waals surface area contributed by atoms with Crippen LogP contribution in [0.3, 0.4) is 0 Å². The third-order valence-electron chi connectivity index (χ3n) is 3.62. The van der Waals surface area contributed by atoms with Gasteiger partial charge in [0, 0.05) is 28.9 Å². The molecule has 0 unspecified atom stereocenters. The molecule has 0 saturated carbocycles. The van der Waals surface area contributed by atoms with Gasteiger partial charge >= 0.3 is 0 Å². The van der Waals surface area contributed by atoms with Gasteiger partial charge in [0.2, 0.25) is 0 Å². The first-order chi connectivity index (χ1) is 11.2. The summed E-state index contributed by atoms with van der Waals surface area (Å²) in [6.07, 6.45) is 1.78. The Morgan fingerprint density at radius 2 is 1.65 bits per heavy atom. The minimum absolute atomic E-state index is 0.432. The number of aromatic nitrogens is 1. The van der Waals surface area contributed by atoms with Crippen LogP contribution >= 0.6 is 11.6 Å². The molecule has 112 valence electrons. The van der Waals surface area contributed by atoms with E-state index in [0.717, 1.165) is 27.9 Å². The average molecular weight is 320 g/mol. The lowest BCUT2D eigenvalue weighted by atomic mass is 9.97. The van der Waals surface area contributed by atoms with Crippen molar-refractivity contribution in [2.24, 2.45) is 5.73 Å². The Hall–Kier alpha value is -2.67. The quantitative estimate of drug-likeness (QED) is 0.778. The van der Waals surface area contributed by atoms with Gasteiger partial charge in [0.15, 0.2) is 0 Å². The van der Waals surface area contributed by atoms with Crippen molar-refractivity contribution in [2.75, 3.05) is 0 Å². The molecular weight excluding hydrogens is 306 g/mol. The van der Waals surface area contributed by atoms with Crippen molar-refractivity contribution in [3.8, 4) is 28.5 Å². The van der Waals surface area contributed by atoms with E-state index in [1.165, 1.54) is 0 Å². The minimum Gasteiger partial charge on any atom is -0.326 e. The summed E-state index contributed by atoms with van der Waals surface area (Å²) in [5.74, 6) is 0. The molecule has 0 atom stereocenters. The van der Waals surface area contributed by atoms with Gasteiger partial charge in [0.1, 0.15) is 0 Å². The Balaban J connectivity index is 2.15. The minimum atomic E-state index is 0.432. The first kappa shape index (κ1) is 15.2. The van der Waals surface area contributed by atoms with Gasteiger partial charge in [-0.1, -0.05) is 35.9 Å². The number of nitrogens with two attached hydrogens (primary N) is 1. The molecular formula is C19H14ClN3. The van der Waals surface area contributed by atoms with Crippen LogP contribution in [-0.4, -0.2) is 4.98 Å². The lowest BCUT2D eigenvalue weighted by Gasteiger charge is -2.11. The predicted octanol–water partition coefficient (Wildman–Crippen LogP) is 4.40. The van der Waals surface area contributed by atoms with Gasteiger partial charge in [-0.25, -0.2) is 0 Å². The standard InChI is InChI=1S/C19H14ClN3/c20-17-7-5-15(6-8-17)18-9-14(11-22)12-23-19(18)16-3-1-13(10-21)2-4-16/h1-9,12H,11,22H2. The summed E-state index contributed by atoms with van der Waals surface area (Å²) in [6.45, 7) is 0.432. The van der Waals surface area contributed by atoms with Crippen molar-refractivity contribution >= 4 is 11.6 Å². The monoisotopic (exact) mass is 319 g/mol. The van der Waals surface area contributed by atoms with E-state index < -0.39 is 0 Å². The number of benzene rings is 2. The number of halogens is 1. The van der Waals surface area contributed by atoms with Crippen molar-refractivity contribution in [2.45, 2.75) is 6.54 Å². The normalized spacial score (nSPS) is 10.3. The summed E-state index contributed by atoms with van der Waals surface area (Å²) in [6, 6.07) is 19.2. The second kappa shape index (κ2) is 6.62. The SMILES string of the molecule is N#Cc1ccc(-c2ncc(CN)cc2-c2ccc(Cl)cc2)cc1. The Labute approximate surface area is 140 Å². The number of hydrogen-bond donors (Lipinski definition) is 1. The van der Waals surface area contributed by atoms with Crippen molar-refractivity contribution in [3.05, 3.63) is 76.9 Å². The van der Waals surface area contributed by atoms with Crippen LogP contribution in [0.15, 0.2) is 60.8 Å². The summed E-state index contributed by atoms with van der Waals surface area (Å²) in [4.78, 5) is 4.58. The molecule has 3 rings (SSSR count). The molecule has 0 spiro atoms. The van der Waals surface area contributed by atoms with Crippen LogP contribution in [0.25, 0.3) is 22.4 Å². The van der Waals surface area contributed by atoms with Gasteiger partial charge in [-0.3, -0.25) is 4.98 Å². The van der Waals surface area contributed by atoms with E-state index in [2.05, 4.69) is 11.1 Å². The number of pyridine rings is 1. The van der Waals surface area contributed by atoms with E-state index in [4.69, 9.17) is 22.6 Å². The topological polar surface area (TPSA) is 62.7 Å². The smallest absolute Gasteiger partial charge is 0.0991 e. The molecule has 0 amide bonds. The molecule has 4 heteroatoms. The highest BCUT2D eigenvalue weighted by atomic mass is 35.5. The number of rotatable bonds is 3. The predicted molar refractivity (Wildman–Crippen MR) is 92.7 cm³/mol. The van der Waals surface area contributed by atoms with Gasteiger partial charge in [0.05, 0.1) is 17.3 Å². The first-order valence-electron chi connectivity index (χ1n) is 7.16. The Morgan fingerprint density at radius 1 is 1.00 bits per heavy atom. The van der Waals surface area contributed by atoms with E-state index in [1.807, 2.05) is 42.5 Å². The van der Waals surface area contributed by atoms with Crippen molar-refractivity contribution in [1.29, 1.82) is 5.26 Å². The molecule has 2 N–H and O–H groups in total. The summed E-state index contributed by atoms with van der Waals surface area (Å²) in [5, 5.41) is 9.63. The molecule has 0 aliphatic carbocycles. The van der Waals surface area contributed by atoms with E-state index in [0.29, 0.717) is 17.1 Å². The molecule has 1 heterocycles. The fourth-order valence-corrected chi connectivity index (χ4v) is 2.53. The summed E-state index contributed by atoms with van der Waals surface area (Å²) in [5.41, 5.74) is 11.2. The fraction of sp³-hybridized carbons (Fsp3) is 0.0526. The molecule has 1 aromatic heterocycles. The van der Waals surface area contributed by atoms with Gasteiger partial charge in [0.25, 0.3) is 0 Å². The highest BCUT2D eigenvalue weighted by molar-refractivity contribution is 6.30. The maximum absolute atomic E-state index is 8.93. The maximum atomic E-state index is 8.93. The molecule has 0 fully saturated rings. The third-order valence-corrected chi connectivity index (χ3v) is 3.87. The highest BCUT2D eigenvalue weighted by Gasteiger charge is 2.10. The molecule has 0 bridgehead atoms. The Kier molecular flexibility index (Phi) is 4.38. The zero-order valence-electron chi connectivity index (χ0n) is 12.3. The third kappa shape index (κ3) is 3.24. The zero-order chi connectivity index (χ0) is 16.2. The van der Waals surface area contributed by atoms with Crippen LogP contribution < -0.4 is 5.73 Å². The highest BCUT2D eigenvalue weighted by Crippen LogP contribution is 2.32. The van der Waals surface area contributed by atoms with E-state index in [1.54, 1.807) is 18.3 Å². The number of nitrogens with zero attached hydrogens (tertiary/aromatic N) is 2. The summed E-state index contributed by atoms with van der Waals surface area (Å²) in [7, 11) is 0. The molecule has 0 aliphatic heterocycles. The average Bonchev–Trinajstić information content (AvgIpc) is 2.62. The Bertz CT molecular complexity index is 863. The molecule has 2 aromatic carbocycles.